The second-order valence-corrected chi connectivity index (χ2v) is 4.86. The van der Waals surface area contributed by atoms with E-state index in [1.54, 1.807) is 0 Å². The lowest BCUT2D eigenvalue weighted by Crippen LogP contribution is -2.34. The highest BCUT2D eigenvalue weighted by molar-refractivity contribution is 5.37. The molecule has 4 heteroatoms. The summed E-state index contributed by atoms with van der Waals surface area (Å²) in [6.07, 6.45) is 4.40. The van der Waals surface area contributed by atoms with Crippen LogP contribution in [0.2, 0.25) is 0 Å². The van der Waals surface area contributed by atoms with Crippen molar-refractivity contribution in [3.8, 4) is 0 Å². The third-order valence-electron chi connectivity index (χ3n) is 3.93. The first kappa shape index (κ1) is 9.21. The number of fused-ring (bicyclic) bond motifs is 2. The predicted octanol–water partition coefficient (Wildman–Crippen LogP) is 1.04. The number of nitrogen functional groups attached to an aromatic ring is 1. The summed E-state index contributed by atoms with van der Waals surface area (Å²) in [5.74, 6) is 1.63. The summed E-state index contributed by atoms with van der Waals surface area (Å²) in [6, 6.07) is 0.539. The minimum atomic E-state index is 0.539. The highest BCUT2D eigenvalue weighted by atomic mass is 15.3. The van der Waals surface area contributed by atoms with E-state index in [9.17, 15) is 0 Å². The van der Waals surface area contributed by atoms with Gasteiger partial charge >= 0.3 is 0 Å². The van der Waals surface area contributed by atoms with E-state index in [4.69, 9.17) is 5.73 Å². The molecule has 2 aliphatic heterocycles. The van der Waals surface area contributed by atoms with Gasteiger partial charge in [-0.05, 0) is 32.2 Å². The summed E-state index contributed by atoms with van der Waals surface area (Å²) in [7, 11) is 0. The molecule has 2 bridgehead atoms. The lowest BCUT2D eigenvalue weighted by molar-refractivity contribution is 0.196. The monoisotopic (exact) mass is 206 g/mol. The zero-order valence-electron chi connectivity index (χ0n) is 9.19. The van der Waals surface area contributed by atoms with Crippen LogP contribution in [0.4, 0.5) is 5.82 Å². The molecule has 2 saturated heterocycles. The van der Waals surface area contributed by atoms with Gasteiger partial charge in [-0.15, -0.1) is 0 Å². The molecule has 3 rings (SSSR count). The van der Waals surface area contributed by atoms with Crippen LogP contribution in [-0.2, 0) is 0 Å². The Morgan fingerprint density at radius 2 is 2.20 bits per heavy atom. The fourth-order valence-corrected chi connectivity index (χ4v) is 2.97. The average Bonchev–Trinajstić information content (AvgIpc) is 2.77. The molecule has 0 amide bonds. The molecule has 0 radical (unpaired) electrons. The number of piperidine rings is 1. The van der Waals surface area contributed by atoms with Gasteiger partial charge in [0.1, 0.15) is 5.82 Å². The summed E-state index contributed by atoms with van der Waals surface area (Å²) >= 11 is 0. The standard InChI is InChI=1S/C11H18N4/c1-8-6-13-15(11(8)12)10-3-5-14-4-2-9(10)7-14/h6,9-10H,2-5,7,12H2,1H3. The normalized spacial score (nSPS) is 34.6. The molecule has 15 heavy (non-hydrogen) atoms. The van der Waals surface area contributed by atoms with Crippen LogP contribution in [0.25, 0.3) is 0 Å². The topological polar surface area (TPSA) is 47.1 Å². The fourth-order valence-electron chi connectivity index (χ4n) is 2.97. The van der Waals surface area contributed by atoms with Crippen molar-refractivity contribution in [3.63, 3.8) is 0 Å². The maximum atomic E-state index is 6.05. The maximum Gasteiger partial charge on any atom is 0.124 e. The largest absolute Gasteiger partial charge is 0.384 e. The van der Waals surface area contributed by atoms with Crippen LogP contribution in [0.3, 0.4) is 0 Å². The second-order valence-electron chi connectivity index (χ2n) is 4.86. The molecule has 3 heterocycles. The molecule has 2 aliphatic rings. The van der Waals surface area contributed by atoms with Crippen molar-refractivity contribution in [2.45, 2.75) is 25.8 Å². The van der Waals surface area contributed by atoms with Crippen molar-refractivity contribution in [1.29, 1.82) is 0 Å². The molecule has 1 aromatic rings. The number of nitrogens with two attached hydrogens (primary N) is 1. The van der Waals surface area contributed by atoms with Crippen LogP contribution in [0.5, 0.6) is 0 Å². The molecule has 1 aromatic heterocycles. The van der Waals surface area contributed by atoms with E-state index >= 15 is 0 Å². The lowest BCUT2D eigenvalue weighted by Gasteiger charge is -2.31. The van der Waals surface area contributed by atoms with Gasteiger partial charge in [0.05, 0.1) is 12.2 Å². The number of nitrogens with zero attached hydrogens (tertiary/aromatic N) is 3. The Morgan fingerprint density at radius 1 is 1.40 bits per heavy atom. The summed E-state index contributed by atoms with van der Waals surface area (Å²) in [6.45, 7) is 5.74. The van der Waals surface area contributed by atoms with Crippen LogP contribution >= 0.6 is 0 Å². The number of hydrogen-bond donors (Lipinski definition) is 1. The average molecular weight is 206 g/mol. The quantitative estimate of drug-likeness (QED) is 0.747. The smallest absolute Gasteiger partial charge is 0.124 e. The van der Waals surface area contributed by atoms with Gasteiger partial charge in [0.15, 0.2) is 0 Å². The third-order valence-corrected chi connectivity index (χ3v) is 3.93. The molecule has 4 nitrogen and oxygen atoms in total. The Morgan fingerprint density at radius 3 is 2.93 bits per heavy atom. The van der Waals surface area contributed by atoms with E-state index in [0.717, 1.165) is 17.3 Å². The van der Waals surface area contributed by atoms with E-state index in [0.29, 0.717) is 6.04 Å². The van der Waals surface area contributed by atoms with Crippen LogP contribution in [0, 0.1) is 12.8 Å². The highest BCUT2D eigenvalue weighted by Gasteiger charge is 2.36. The molecule has 3 atom stereocenters. The first-order chi connectivity index (χ1) is 7.25. The van der Waals surface area contributed by atoms with Crippen LogP contribution in [0.1, 0.15) is 24.4 Å². The van der Waals surface area contributed by atoms with Crippen molar-refractivity contribution >= 4 is 5.82 Å². The summed E-state index contributed by atoms with van der Waals surface area (Å²) in [4.78, 5) is 2.55. The minimum absolute atomic E-state index is 0.539. The fraction of sp³-hybridized carbons (Fsp3) is 0.727. The Bertz CT molecular complexity index is 371. The molecule has 2 N–H and O–H groups in total. The maximum absolute atomic E-state index is 6.05. The van der Waals surface area contributed by atoms with Crippen molar-refractivity contribution in [1.82, 2.24) is 14.7 Å². The van der Waals surface area contributed by atoms with Crippen molar-refractivity contribution in [3.05, 3.63) is 11.8 Å². The number of aromatic nitrogens is 2. The second kappa shape index (κ2) is 3.23. The van der Waals surface area contributed by atoms with Crippen LogP contribution < -0.4 is 5.73 Å². The Balaban J connectivity index is 1.90. The molecular formula is C11H18N4. The van der Waals surface area contributed by atoms with Gasteiger partial charge in [0, 0.05) is 18.7 Å². The number of hydrogen-bond acceptors (Lipinski definition) is 3. The van der Waals surface area contributed by atoms with Gasteiger partial charge in [0.25, 0.3) is 0 Å². The highest BCUT2D eigenvalue weighted by Crippen LogP contribution is 2.36. The molecule has 0 saturated carbocycles. The van der Waals surface area contributed by atoms with Gasteiger partial charge in [-0.25, -0.2) is 4.68 Å². The zero-order chi connectivity index (χ0) is 10.4. The number of aryl methyl sites for hydroxylation is 1. The summed E-state index contributed by atoms with van der Waals surface area (Å²) < 4.78 is 2.06. The molecule has 0 aliphatic carbocycles. The van der Waals surface area contributed by atoms with Gasteiger partial charge in [-0.2, -0.15) is 5.10 Å². The lowest BCUT2D eigenvalue weighted by atomic mass is 9.94. The van der Waals surface area contributed by atoms with Crippen molar-refractivity contribution < 1.29 is 0 Å². The zero-order valence-corrected chi connectivity index (χ0v) is 9.19. The third kappa shape index (κ3) is 1.35. The van der Waals surface area contributed by atoms with Gasteiger partial charge in [-0.1, -0.05) is 0 Å². The van der Waals surface area contributed by atoms with Gasteiger partial charge in [0.2, 0.25) is 0 Å². The Labute approximate surface area is 90.0 Å². The SMILES string of the molecule is Cc1cnn(C2CCN3CCC2C3)c1N. The van der Waals surface area contributed by atoms with Gasteiger partial charge < -0.3 is 10.6 Å². The molecule has 0 spiro atoms. The summed E-state index contributed by atoms with van der Waals surface area (Å²) in [5, 5.41) is 4.43. The van der Waals surface area contributed by atoms with E-state index < -0.39 is 0 Å². The first-order valence-corrected chi connectivity index (χ1v) is 5.77. The van der Waals surface area contributed by atoms with E-state index in [2.05, 4.69) is 14.7 Å². The Kier molecular flexibility index (Phi) is 1.99. The number of anilines is 1. The predicted molar refractivity (Wildman–Crippen MR) is 59.6 cm³/mol. The number of rotatable bonds is 1. The molecule has 82 valence electrons. The minimum Gasteiger partial charge on any atom is -0.384 e. The van der Waals surface area contributed by atoms with E-state index in [1.807, 2.05) is 13.1 Å². The van der Waals surface area contributed by atoms with Gasteiger partial charge in [-0.3, -0.25) is 0 Å². The van der Waals surface area contributed by atoms with Crippen molar-refractivity contribution in [2.75, 3.05) is 25.4 Å². The van der Waals surface area contributed by atoms with E-state index in [-0.39, 0.29) is 0 Å². The molecular weight excluding hydrogens is 188 g/mol. The molecule has 3 unspecified atom stereocenters. The van der Waals surface area contributed by atoms with E-state index in [1.165, 1.54) is 32.5 Å². The van der Waals surface area contributed by atoms with Crippen LogP contribution in [-0.4, -0.2) is 34.3 Å². The Hall–Kier alpha value is -1.03. The van der Waals surface area contributed by atoms with Crippen LogP contribution in [0.15, 0.2) is 6.20 Å². The first-order valence-electron chi connectivity index (χ1n) is 5.77. The summed E-state index contributed by atoms with van der Waals surface area (Å²) in [5.41, 5.74) is 7.16. The van der Waals surface area contributed by atoms with Crippen molar-refractivity contribution in [2.24, 2.45) is 5.92 Å². The molecule has 2 fully saturated rings. The molecule has 0 aromatic carbocycles.